The van der Waals surface area contributed by atoms with Crippen molar-refractivity contribution in [1.29, 1.82) is 0 Å². The number of pyridine rings is 1. The van der Waals surface area contributed by atoms with E-state index in [0.717, 1.165) is 19.0 Å². The lowest BCUT2D eigenvalue weighted by Gasteiger charge is -2.36. The number of piperidine rings is 1. The van der Waals surface area contributed by atoms with Gasteiger partial charge in [0, 0.05) is 31.2 Å². The molecule has 4 rings (SSSR count). The molecule has 24 heavy (non-hydrogen) atoms. The van der Waals surface area contributed by atoms with Gasteiger partial charge in [-0.1, -0.05) is 36.4 Å². The molecular formula is C20H26N4. The Bertz CT molecular complexity index is 623. The molecule has 0 spiro atoms. The monoisotopic (exact) mass is 322 g/mol. The Morgan fingerprint density at radius 1 is 1.00 bits per heavy atom. The Hall–Kier alpha value is -1.75. The van der Waals surface area contributed by atoms with E-state index in [9.17, 15) is 0 Å². The normalized spacial score (nSPS) is 25.8. The predicted molar refractivity (Wildman–Crippen MR) is 96.3 cm³/mol. The van der Waals surface area contributed by atoms with Gasteiger partial charge in [-0.15, -0.1) is 0 Å². The summed E-state index contributed by atoms with van der Waals surface area (Å²) in [4.78, 5) is 7.00. The lowest BCUT2D eigenvalue weighted by molar-refractivity contribution is 0.150. The molecule has 2 aliphatic rings. The fourth-order valence-corrected chi connectivity index (χ4v) is 4.18. The van der Waals surface area contributed by atoms with E-state index in [2.05, 4.69) is 63.2 Å². The number of hydrogen-bond donors (Lipinski definition) is 2. The Morgan fingerprint density at radius 3 is 2.54 bits per heavy atom. The van der Waals surface area contributed by atoms with Gasteiger partial charge in [0.1, 0.15) is 0 Å². The molecule has 126 valence electrons. The predicted octanol–water partition coefficient (Wildman–Crippen LogP) is 2.55. The first-order chi connectivity index (χ1) is 11.9. The van der Waals surface area contributed by atoms with Gasteiger partial charge in [0.2, 0.25) is 0 Å². The molecule has 2 N–H and O–H groups in total. The number of hydrazine groups is 1. The summed E-state index contributed by atoms with van der Waals surface area (Å²) in [5, 5.41) is 0. The van der Waals surface area contributed by atoms with Gasteiger partial charge in [-0.3, -0.25) is 20.7 Å². The molecule has 4 nitrogen and oxygen atoms in total. The van der Waals surface area contributed by atoms with E-state index < -0.39 is 0 Å². The smallest absolute Gasteiger partial charge is 0.0543 e. The Balaban J connectivity index is 1.35. The molecule has 2 aliphatic heterocycles. The van der Waals surface area contributed by atoms with Gasteiger partial charge in [0.15, 0.2) is 0 Å². The third kappa shape index (κ3) is 3.51. The van der Waals surface area contributed by atoms with Crippen molar-refractivity contribution in [1.82, 2.24) is 20.7 Å². The summed E-state index contributed by atoms with van der Waals surface area (Å²) in [7, 11) is 0. The standard InChI is InChI=1S/C20H26N4/c1-2-6-16(7-3-1)19-14-22-23-20(19)17-9-12-24(13-10-17)15-18-8-4-5-11-21-18/h1-8,11,17,19-20,22-23H,9-10,12-15H2. The average Bonchev–Trinajstić information content (AvgIpc) is 3.14. The third-order valence-electron chi connectivity index (χ3n) is 5.50. The number of nitrogens with zero attached hydrogens (tertiary/aromatic N) is 2. The maximum Gasteiger partial charge on any atom is 0.0543 e. The van der Waals surface area contributed by atoms with Crippen LogP contribution < -0.4 is 10.9 Å². The van der Waals surface area contributed by atoms with Crippen LogP contribution in [0.5, 0.6) is 0 Å². The summed E-state index contributed by atoms with van der Waals surface area (Å²) in [6, 6.07) is 17.7. The summed E-state index contributed by atoms with van der Waals surface area (Å²) in [5.41, 5.74) is 9.59. The number of aromatic nitrogens is 1. The molecule has 2 saturated heterocycles. The van der Waals surface area contributed by atoms with E-state index >= 15 is 0 Å². The molecule has 2 fully saturated rings. The number of benzene rings is 1. The van der Waals surface area contributed by atoms with Crippen molar-refractivity contribution in [2.24, 2.45) is 5.92 Å². The molecule has 0 amide bonds. The van der Waals surface area contributed by atoms with Crippen LogP contribution in [0.15, 0.2) is 54.7 Å². The highest BCUT2D eigenvalue weighted by Crippen LogP contribution is 2.32. The zero-order valence-corrected chi connectivity index (χ0v) is 14.1. The number of nitrogens with one attached hydrogen (secondary N) is 2. The van der Waals surface area contributed by atoms with Crippen LogP contribution in [0.3, 0.4) is 0 Å². The minimum absolute atomic E-state index is 0.546. The Morgan fingerprint density at radius 2 is 1.79 bits per heavy atom. The van der Waals surface area contributed by atoms with Crippen molar-refractivity contribution >= 4 is 0 Å². The summed E-state index contributed by atoms with van der Waals surface area (Å²) in [5.74, 6) is 1.32. The molecule has 0 radical (unpaired) electrons. The lowest BCUT2D eigenvalue weighted by Crippen LogP contribution is -2.44. The van der Waals surface area contributed by atoms with E-state index in [-0.39, 0.29) is 0 Å². The molecule has 2 atom stereocenters. The molecule has 3 heterocycles. The first kappa shape index (κ1) is 15.8. The third-order valence-corrected chi connectivity index (χ3v) is 5.50. The van der Waals surface area contributed by atoms with E-state index in [0.29, 0.717) is 12.0 Å². The van der Waals surface area contributed by atoms with Crippen LogP contribution in [-0.2, 0) is 6.54 Å². The summed E-state index contributed by atoms with van der Waals surface area (Å²) >= 11 is 0. The zero-order valence-electron chi connectivity index (χ0n) is 14.1. The highest BCUT2D eigenvalue weighted by atomic mass is 15.4. The van der Waals surface area contributed by atoms with E-state index in [1.807, 2.05) is 12.3 Å². The fourth-order valence-electron chi connectivity index (χ4n) is 4.18. The number of likely N-dealkylation sites (tertiary alicyclic amines) is 1. The highest BCUT2D eigenvalue weighted by molar-refractivity contribution is 5.23. The van der Waals surface area contributed by atoms with E-state index in [1.54, 1.807) is 0 Å². The first-order valence-electron chi connectivity index (χ1n) is 9.06. The SMILES string of the molecule is c1ccc(C2CNNC2C2CCN(Cc3ccccn3)CC2)cc1. The van der Waals surface area contributed by atoms with Crippen molar-refractivity contribution in [2.75, 3.05) is 19.6 Å². The van der Waals surface area contributed by atoms with Crippen LogP contribution in [-0.4, -0.2) is 35.6 Å². The number of rotatable bonds is 4. The van der Waals surface area contributed by atoms with Crippen LogP contribution in [0.25, 0.3) is 0 Å². The van der Waals surface area contributed by atoms with Gasteiger partial charge in [-0.2, -0.15) is 0 Å². The summed E-state index contributed by atoms with van der Waals surface area (Å²) in [6.45, 7) is 4.34. The van der Waals surface area contributed by atoms with Gasteiger partial charge < -0.3 is 0 Å². The fraction of sp³-hybridized carbons (Fsp3) is 0.450. The van der Waals surface area contributed by atoms with Gasteiger partial charge >= 0.3 is 0 Å². The van der Waals surface area contributed by atoms with Gasteiger partial charge in [-0.05, 0) is 49.5 Å². The van der Waals surface area contributed by atoms with Crippen LogP contribution in [0, 0.1) is 5.92 Å². The lowest BCUT2D eigenvalue weighted by atomic mass is 9.80. The molecule has 2 unspecified atom stereocenters. The molecule has 0 saturated carbocycles. The Kier molecular flexibility index (Phi) is 4.88. The molecular weight excluding hydrogens is 296 g/mol. The second kappa shape index (κ2) is 7.43. The van der Waals surface area contributed by atoms with Crippen molar-refractivity contribution in [3.05, 3.63) is 66.0 Å². The van der Waals surface area contributed by atoms with Gasteiger partial charge in [0.05, 0.1) is 5.69 Å². The van der Waals surface area contributed by atoms with E-state index in [1.165, 1.54) is 37.2 Å². The quantitative estimate of drug-likeness (QED) is 0.908. The maximum absolute atomic E-state index is 4.46. The van der Waals surface area contributed by atoms with Crippen LogP contribution in [0.2, 0.25) is 0 Å². The average molecular weight is 322 g/mol. The van der Waals surface area contributed by atoms with Crippen molar-refractivity contribution in [3.8, 4) is 0 Å². The molecule has 0 bridgehead atoms. The highest BCUT2D eigenvalue weighted by Gasteiger charge is 2.36. The van der Waals surface area contributed by atoms with E-state index in [4.69, 9.17) is 0 Å². The van der Waals surface area contributed by atoms with Gasteiger partial charge in [0.25, 0.3) is 0 Å². The second-order valence-corrected chi connectivity index (χ2v) is 7.00. The van der Waals surface area contributed by atoms with Crippen molar-refractivity contribution in [3.63, 3.8) is 0 Å². The molecule has 1 aromatic heterocycles. The zero-order chi connectivity index (χ0) is 16.2. The Labute approximate surface area is 144 Å². The van der Waals surface area contributed by atoms with Crippen molar-refractivity contribution in [2.45, 2.75) is 31.3 Å². The number of hydrogen-bond acceptors (Lipinski definition) is 4. The second-order valence-electron chi connectivity index (χ2n) is 7.00. The first-order valence-corrected chi connectivity index (χ1v) is 9.06. The largest absolute Gasteiger partial charge is 0.297 e. The van der Waals surface area contributed by atoms with Crippen LogP contribution in [0.4, 0.5) is 0 Å². The molecule has 1 aromatic carbocycles. The summed E-state index contributed by atoms with van der Waals surface area (Å²) < 4.78 is 0. The maximum atomic E-state index is 4.46. The minimum atomic E-state index is 0.546. The molecule has 4 heteroatoms. The topological polar surface area (TPSA) is 40.2 Å². The van der Waals surface area contributed by atoms with Crippen molar-refractivity contribution < 1.29 is 0 Å². The minimum Gasteiger partial charge on any atom is -0.297 e. The summed E-state index contributed by atoms with van der Waals surface area (Å²) in [6.07, 6.45) is 4.41. The molecule has 0 aliphatic carbocycles. The molecule has 2 aromatic rings. The van der Waals surface area contributed by atoms with Crippen LogP contribution in [0.1, 0.15) is 30.0 Å². The van der Waals surface area contributed by atoms with Gasteiger partial charge in [-0.25, -0.2) is 0 Å². The van der Waals surface area contributed by atoms with Crippen LogP contribution >= 0.6 is 0 Å².